The smallest absolute Gasteiger partial charge is 0.196 e. The Morgan fingerprint density at radius 3 is 2.42 bits per heavy atom. The largest absolute Gasteiger partial charge is 0.464 e. The van der Waals surface area contributed by atoms with Crippen LogP contribution in [0.1, 0.15) is 35.7 Å². The maximum atomic E-state index is 14.4. The molecule has 0 aliphatic heterocycles. The van der Waals surface area contributed by atoms with E-state index in [9.17, 15) is 13.6 Å². The average Bonchev–Trinajstić information content (AvgIpc) is 3.29. The third-order valence-electron chi connectivity index (χ3n) is 4.98. The summed E-state index contributed by atoms with van der Waals surface area (Å²) in [7, 11) is 1.70. The van der Waals surface area contributed by atoms with Gasteiger partial charge >= 0.3 is 0 Å². The first-order chi connectivity index (χ1) is 14.8. The highest BCUT2D eigenvalue weighted by Crippen LogP contribution is 2.34. The van der Waals surface area contributed by atoms with Crippen molar-refractivity contribution in [2.24, 2.45) is 7.05 Å². The van der Waals surface area contributed by atoms with Gasteiger partial charge in [-0.3, -0.25) is 9.69 Å². The van der Waals surface area contributed by atoms with Crippen LogP contribution in [-0.4, -0.2) is 50.3 Å². The fourth-order valence-electron chi connectivity index (χ4n) is 3.15. The molecule has 0 spiro atoms. The van der Waals surface area contributed by atoms with E-state index in [1.54, 1.807) is 11.6 Å². The molecule has 0 bridgehead atoms. The van der Waals surface area contributed by atoms with Gasteiger partial charge in [0.1, 0.15) is 29.8 Å². The Bertz CT molecular complexity index is 1070. The van der Waals surface area contributed by atoms with Crippen molar-refractivity contribution in [2.75, 3.05) is 19.7 Å². The van der Waals surface area contributed by atoms with E-state index in [2.05, 4.69) is 28.9 Å². The van der Waals surface area contributed by atoms with Gasteiger partial charge in [-0.2, -0.15) is 0 Å². The summed E-state index contributed by atoms with van der Waals surface area (Å²) in [6, 6.07) is 3.71. The second-order valence-electron chi connectivity index (χ2n) is 6.96. The molecule has 1 aromatic carbocycles. The van der Waals surface area contributed by atoms with Gasteiger partial charge in [-0.1, -0.05) is 13.8 Å². The lowest BCUT2D eigenvalue weighted by molar-refractivity contribution is 0.0902. The molecule has 0 fully saturated rings. The number of carbonyl (C=O) groups is 1. The number of carbonyl (C=O) groups excluding carboxylic acids is 1. The summed E-state index contributed by atoms with van der Waals surface area (Å²) >= 11 is 0.768. The molecular formula is C21H24F2N4O3S. The highest BCUT2D eigenvalue weighted by Gasteiger charge is 2.21. The van der Waals surface area contributed by atoms with E-state index < -0.39 is 24.0 Å². The van der Waals surface area contributed by atoms with Gasteiger partial charge in [0, 0.05) is 12.6 Å². The van der Waals surface area contributed by atoms with E-state index in [-0.39, 0.29) is 15.6 Å². The molecule has 0 unspecified atom stereocenters. The Balaban J connectivity index is 1.88. The number of aliphatic hydroxyl groups is 1. The molecule has 3 rings (SSSR count). The van der Waals surface area contributed by atoms with Gasteiger partial charge in [-0.15, -0.1) is 10.2 Å². The first-order valence-corrected chi connectivity index (χ1v) is 10.6. The van der Waals surface area contributed by atoms with Crippen LogP contribution in [-0.2, 0) is 13.6 Å². The third-order valence-corrected chi connectivity index (χ3v) is 6.11. The minimum Gasteiger partial charge on any atom is -0.464 e. The fraction of sp³-hybridized carbons (Fsp3) is 0.381. The zero-order valence-electron chi connectivity index (χ0n) is 17.8. The zero-order chi connectivity index (χ0) is 22.7. The number of benzene rings is 1. The number of hydrogen-bond acceptors (Lipinski definition) is 7. The number of aliphatic hydroxyl groups excluding tert-OH is 1. The van der Waals surface area contributed by atoms with Crippen molar-refractivity contribution in [3.63, 3.8) is 0 Å². The fourth-order valence-corrected chi connectivity index (χ4v) is 3.95. The van der Waals surface area contributed by atoms with Crippen LogP contribution in [0, 0.1) is 18.6 Å². The lowest BCUT2D eigenvalue weighted by Crippen LogP contribution is -2.21. The van der Waals surface area contributed by atoms with Gasteiger partial charge in [-0.05, 0) is 50.0 Å². The number of halogens is 2. The minimum absolute atomic E-state index is 0.227. The molecule has 166 valence electrons. The minimum atomic E-state index is -0.910. The van der Waals surface area contributed by atoms with Crippen LogP contribution in [0.15, 0.2) is 32.7 Å². The Hall–Kier alpha value is -2.56. The molecule has 7 nitrogen and oxygen atoms in total. The topological polar surface area (TPSA) is 84.4 Å². The van der Waals surface area contributed by atoms with Crippen LogP contribution >= 0.6 is 11.8 Å². The molecule has 2 heterocycles. The number of Topliss-reactive ketones (excluding diaryl/α,β-unsaturated/α-hetero) is 1. The summed E-state index contributed by atoms with van der Waals surface area (Å²) in [5, 5.41) is 17.4. The predicted molar refractivity (Wildman–Crippen MR) is 112 cm³/mol. The van der Waals surface area contributed by atoms with Gasteiger partial charge in [0.25, 0.3) is 0 Å². The normalized spacial score (nSPS) is 11.5. The highest BCUT2D eigenvalue weighted by atomic mass is 32.2. The Morgan fingerprint density at radius 1 is 1.19 bits per heavy atom. The number of hydrogen-bond donors (Lipinski definition) is 1. The number of ketones is 1. The average molecular weight is 451 g/mol. The summed E-state index contributed by atoms with van der Waals surface area (Å²) in [6.07, 6.45) is 0. The van der Waals surface area contributed by atoms with Crippen molar-refractivity contribution in [1.29, 1.82) is 0 Å². The molecule has 0 aliphatic carbocycles. The predicted octanol–water partition coefficient (Wildman–Crippen LogP) is 3.83. The monoisotopic (exact) mass is 450 g/mol. The van der Waals surface area contributed by atoms with E-state index in [1.807, 2.05) is 13.0 Å². The zero-order valence-corrected chi connectivity index (χ0v) is 18.6. The number of rotatable bonds is 9. The van der Waals surface area contributed by atoms with Gasteiger partial charge in [0.15, 0.2) is 16.8 Å². The summed E-state index contributed by atoms with van der Waals surface area (Å²) in [6.45, 7) is 7.64. The summed E-state index contributed by atoms with van der Waals surface area (Å²) < 4.78 is 36.4. The third kappa shape index (κ3) is 4.86. The highest BCUT2D eigenvalue weighted by molar-refractivity contribution is 7.99. The van der Waals surface area contributed by atoms with Crippen molar-refractivity contribution in [3.8, 4) is 11.4 Å². The molecular weight excluding hydrogens is 426 g/mol. The van der Waals surface area contributed by atoms with Gasteiger partial charge in [0.2, 0.25) is 0 Å². The molecule has 2 aromatic heterocycles. The molecule has 0 radical (unpaired) electrons. The van der Waals surface area contributed by atoms with Crippen LogP contribution in [0.3, 0.4) is 0 Å². The maximum absolute atomic E-state index is 14.4. The Morgan fingerprint density at radius 2 is 1.84 bits per heavy atom. The van der Waals surface area contributed by atoms with E-state index in [0.29, 0.717) is 18.1 Å². The summed E-state index contributed by atoms with van der Waals surface area (Å²) in [5.74, 6) is -0.582. The lowest BCUT2D eigenvalue weighted by atomic mass is 10.1. The van der Waals surface area contributed by atoms with Crippen LogP contribution in [0.25, 0.3) is 11.4 Å². The summed E-state index contributed by atoms with van der Waals surface area (Å²) in [5.41, 5.74) is 0.532. The molecule has 0 saturated heterocycles. The van der Waals surface area contributed by atoms with Crippen molar-refractivity contribution >= 4 is 17.5 Å². The SMILES string of the molecule is CCN(CC)Cc1cc(-c2nnc(Sc3c(F)cc(C(=O)CO)cc3F)n2C)c(C)o1. The van der Waals surface area contributed by atoms with Crippen molar-refractivity contribution in [2.45, 2.75) is 37.4 Å². The number of furan rings is 1. The Kier molecular flexibility index (Phi) is 7.24. The number of nitrogens with zero attached hydrogens (tertiary/aromatic N) is 4. The number of aryl methyl sites for hydroxylation is 1. The van der Waals surface area contributed by atoms with E-state index >= 15 is 0 Å². The molecule has 0 atom stereocenters. The quantitative estimate of drug-likeness (QED) is 0.496. The number of aromatic nitrogens is 3. The standard InChI is InChI=1S/C21H24F2N4O3S/c1-5-27(6-2)10-14-9-15(12(3)30-14)20-24-25-21(26(20)4)31-19-16(22)7-13(8-17(19)23)18(29)11-28/h7-9,28H,5-6,10-11H2,1-4H3. The first-order valence-electron chi connectivity index (χ1n) is 9.81. The molecule has 1 N–H and O–H groups in total. The molecule has 0 saturated carbocycles. The van der Waals surface area contributed by atoms with Crippen molar-refractivity contribution < 1.29 is 23.1 Å². The summed E-state index contributed by atoms with van der Waals surface area (Å²) in [4.78, 5) is 13.4. The Labute approximate surface area is 183 Å². The molecule has 31 heavy (non-hydrogen) atoms. The molecule has 10 heteroatoms. The molecule has 0 amide bonds. The molecule has 3 aromatic rings. The van der Waals surface area contributed by atoms with Crippen LogP contribution in [0.2, 0.25) is 0 Å². The van der Waals surface area contributed by atoms with Gasteiger partial charge in [-0.25, -0.2) is 8.78 Å². The first kappa shape index (κ1) is 23.1. The van der Waals surface area contributed by atoms with E-state index in [4.69, 9.17) is 9.52 Å². The second-order valence-corrected chi connectivity index (χ2v) is 7.94. The lowest BCUT2D eigenvalue weighted by Gasteiger charge is -2.15. The van der Waals surface area contributed by atoms with Crippen molar-refractivity contribution in [1.82, 2.24) is 19.7 Å². The van der Waals surface area contributed by atoms with Crippen LogP contribution in [0.4, 0.5) is 8.78 Å². The van der Waals surface area contributed by atoms with Crippen molar-refractivity contribution in [3.05, 3.63) is 46.9 Å². The van der Waals surface area contributed by atoms with E-state index in [0.717, 1.165) is 48.3 Å². The van der Waals surface area contributed by atoms with E-state index in [1.165, 1.54) is 0 Å². The van der Waals surface area contributed by atoms with Gasteiger partial charge < -0.3 is 14.1 Å². The second kappa shape index (κ2) is 9.71. The maximum Gasteiger partial charge on any atom is 0.196 e. The van der Waals surface area contributed by atoms with Crippen LogP contribution in [0.5, 0.6) is 0 Å². The molecule has 0 aliphatic rings. The van der Waals surface area contributed by atoms with Crippen LogP contribution < -0.4 is 0 Å². The van der Waals surface area contributed by atoms with Gasteiger partial charge in [0.05, 0.1) is 17.0 Å².